The van der Waals surface area contributed by atoms with Gasteiger partial charge in [0.25, 0.3) is 0 Å². The van der Waals surface area contributed by atoms with Crippen molar-refractivity contribution in [3.8, 4) is 0 Å². The Hall–Kier alpha value is -2.38. The molecule has 1 heterocycles. The Morgan fingerprint density at radius 2 is 1.35 bits per heavy atom. The molecule has 0 aromatic carbocycles. The zero-order valence-electron chi connectivity index (χ0n) is 16.2. The van der Waals surface area contributed by atoms with Crippen molar-refractivity contribution in [2.45, 2.75) is 12.8 Å². The van der Waals surface area contributed by atoms with Crippen LogP contribution in [0.2, 0.25) is 0 Å². The monoisotopic (exact) mass is 459 g/mol. The SMILES string of the molecule is O=C1CCC(=O)N1OC([O-])=C1C=CC(=NC([O-])=N[C]2[CH][CH][CH][CH]2)C=C1.[CH]1[CH][CH][CH][CH]1.[Fe+2]. The van der Waals surface area contributed by atoms with E-state index in [1.807, 2.05) is 32.1 Å². The molecule has 4 rings (SSSR count). The Morgan fingerprint density at radius 3 is 1.87 bits per heavy atom. The smallest absolute Gasteiger partial charge is 0.845 e. The zero-order valence-corrected chi connectivity index (χ0v) is 17.3. The van der Waals surface area contributed by atoms with Gasteiger partial charge in [-0.1, -0.05) is 12.2 Å². The summed E-state index contributed by atoms with van der Waals surface area (Å²) >= 11 is 0. The number of hydroxylamine groups is 2. The molecule has 0 atom stereocenters. The topological polar surface area (TPSA) is 117 Å². The molecule has 0 spiro atoms. The number of hydrogen-bond acceptors (Lipinski definition) is 6. The van der Waals surface area contributed by atoms with Crippen LogP contribution < -0.4 is 10.2 Å². The maximum atomic E-state index is 12.0. The first-order valence-corrected chi connectivity index (χ1v) is 9.07. The number of nitrogens with zero attached hydrogens (tertiary/aromatic N) is 3. The van der Waals surface area contributed by atoms with Crippen molar-refractivity contribution in [2.24, 2.45) is 9.98 Å². The summed E-state index contributed by atoms with van der Waals surface area (Å²) in [6.45, 7) is 0. The van der Waals surface area contributed by atoms with Gasteiger partial charge in [-0.2, -0.15) is 0 Å². The molecule has 0 N–H and O–H groups in total. The molecule has 158 valence electrons. The van der Waals surface area contributed by atoms with Crippen LogP contribution in [0.25, 0.3) is 0 Å². The molecule has 3 aliphatic carbocycles. The van der Waals surface area contributed by atoms with Gasteiger partial charge in [0.05, 0.1) is 23.7 Å². The normalized spacial score (nSPS) is 21.2. The molecule has 2 amide bonds. The quantitative estimate of drug-likeness (QED) is 0.198. The Bertz CT molecular complexity index is 764. The standard InChI is InChI=1S/C17H14N3O5.C5H5.Fe/c21-14-9-10-15(22)20(14)25-16(23)11-5-7-13(8-6-11)19-17(24)18-12-3-1-2-4-12;1-2-4-5-3-1;/h1-8,23H,9-10H2,(H,18,24);1-5H;/q;;+2/p-2. The van der Waals surface area contributed by atoms with Gasteiger partial charge in [-0.15, -0.1) is 0 Å². The van der Waals surface area contributed by atoms with E-state index < -0.39 is 23.8 Å². The van der Waals surface area contributed by atoms with Gasteiger partial charge < -0.3 is 15.1 Å². The fourth-order valence-corrected chi connectivity index (χ4v) is 2.47. The molecule has 0 unspecified atom stereocenters. The van der Waals surface area contributed by atoms with Gasteiger partial charge in [0, 0.05) is 12.8 Å². The number of imide groups is 1. The fourth-order valence-electron chi connectivity index (χ4n) is 2.47. The summed E-state index contributed by atoms with van der Waals surface area (Å²) in [6.07, 6.45) is 22.5. The fraction of sp³-hybridized carbons (Fsp3) is 0.0909. The molecule has 4 aliphatic rings. The molecule has 8 nitrogen and oxygen atoms in total. The minimum absolute atomic E-state index is 0. The van der Waals surface area contributed by atoms with Crippen molar-refractivity contribution < 1.29 is 41.7 Å². The Morgan fingerprint density at radius 1 is 0.839 bits per heavy atom. The molecule has 3 fully saturated rings. The van der Waals surface area contributed by atoms with Crippen LogP contribution in [0, 0.1) is 63.8 Å². The third-order valence-corrected chi connectivity index (χ3v) is 3.93. The van der Waals surface area contributed by atoms with E-state index in [1.54, 1.807) is 25.7 Å². The maximum Gasteiger partial charge on any atom is 2.00 e. The average molecular weight is 459 g/mol. The van der Waals surface area contributed by atoms with Crippen LogP contribution in [0.5, 0.6) is 0 Å². The molecule has 2 saturated carbocycles. The second kappa shape index (κ2) is 12.5. The number of carbonyl (C=O) groups excluding carboxylic acids is 2. The summed E-state index contributed by atoms with van der Waals surface area (Å²) in [5.41, 5.74) is 0.428. The van der Waals surface area contributed by atoms with Gasteiger partial charge in [0.15, 0.2) is 0 Å². The van der Waals surface area contributed by atoms with Crippen LogP contribution in [0.3, 0.4) is 0 Å². The van der Waals surface area contributed by atoms with E-state index >= 15 is 0 Å². The zero-order chi connectivity index (χ0) is 21.3. The van der Waals surface area contributed by atoms with Crippen LogP contribution in [0.4, 0.5) is 0 Å². The van der Waals surface area contributed by atoms with Crippen LogP contribution in [-0.2, 0) is 31.5 Å². The van der Waals surface area contributed by atoms with E-state index in [9.17, 15) is 19.8 Å². The molecule has 10 radical (unpaired) electrons. The molecule has 9 heteroatoms. The van der Waals surface area contributed by atoms with Crippen molar-refractivity contribution in [1.29, 1.82) is 0 Å². The van der Waals surface area contributed by atoms with E-state index in [0.717, 1.165) is 0 Å². The third kappa shape index (κ3) is 7.67. The van der Waals surface area contributed by atoms with Crippen LogP contribution in [0.15, 0.2) is 45.8 Å². The minimum Gasteiger partial charge on any atom is -0.845 e. The van der Waals surface area contributed by atoms with E-state index in [0.29, 0.717) is 16.8 Å². The predicted octanol–water partition coefficient (Wildman–Crippen LogP) is 0.304. The van der Waals surface area contributed by atoms with Crippen LogP contribution in [0.1, 0.15) is 12.8 Å². The summed E-state index contributed by atoms with van der Waals surface area (Å²) in [5, 5.41) is 24.1. The number of rotatable bonds is 3. The van der Waals surface area contributed by atoms with Gasteiger partial charge in [0.1, 0.15) is 0 Å². The Labute approximate surface area is 192 Å². The molecular weight excluding hydrogens is 442 g/mol. The van der Waals surface area contributed by atoms with Gasteiger partial charge in [-0.25, -0.2) is 10.1 Å². The second-order valence-electron chi connectivity index (χ2n) is 6.12. The van der Waals surface area contributed by atoms with Gasteiger partial charge >= 0.3 is 17.1 Å². The largest absolute Gasteiger partial charge is 2.00 e. The number of amides is 2. The molecule has 1 aliphatic heterocycles. The minimum atomic E-state index is -0.844. The number of carbonyl (C=O) groups is 2. The van der Waals surface area contributed by atoms with Crippen molar-refractivity contribution in [1.82, 2.24) is 5.06 Å². The number of aliphatic imine (C=N–C) groups is 2. The molecular formula is C22H17FeN3O5. The first-order valence-electron chi connectivity index (χ1n) is 9.07. The third-order valence-electron chi connectivity index (χ3n) is 3.93. The Balaban J connectivity index is 0.000000501. The van der Waals surface area contributed by atoms with E-state index in [2.05, 4.69) is 9.98 Å². The molecule has 0 aromatic heterocycles. The van der Waals surface area contributed by atoms with Gasteiger partial charge in [-0.3, -0.25) is 14.6 Å². The molecule has 31 heavy (non-hydrogen) atoms. The summed E-state index contributed by atoms with van der Waals surface area (Å²) < 4.78 is 0. The van der Waals surface area contributed by atoms with Crippen molar-refractivity contribution in [3.63, 3.8) is 0 Å². The molecule has 1 saturated heterocycles. The van der Waals surface area contributed by atoms with E-state index in [-0.39, 0.29) is 35.5 Å². The summed E-state index contributed by atoms with van der Waals surface area (Å²) in [4.78, 5) is 35.2. The summed E-state index contributed by atoms with van der Waals surface area (Å²) in [5.74, 6) is -1.95. The summed E-state index contributed by atoms with van der Waals surface area (Å²) in [6, 6.07) is -0.163. The Kier molecular flexibility index (Phi) is 10.0. The van der Waals surface area contributed by atoms with Crippen molar-refractivity contribution in [3.05, 3.63) is 99.7 Å². The maximum absolute atomic E-state index is 12.0. The second-order valence-corrected chi connectivity index (χ2v) is 6.12. The van der Waals surface area contributed by atoms with Crippen LogP contribution in [-0.4, -0.2) is 28.6 Å². The van der Waals surface area contributed by atoms with Gasteiger partial charge in [-0.05, 0) is 75.5 Å². The van der Waals surface area contributed by atoms with Crippen molar-refractivity contribution in [2.75, 3.05) is 0 Å². The average Bonchev–Trinajstić information content (AvgIpc) is 3.51. The van der Waals surface area contributed by atoms with E-state index in [1.165, 1.54) is 24.3 Å². The predicted molar refractivity (Wildman–Crippen MR) is 104 cm³/mol. The molecule has 0 bridgehead atoms. The number of amidine groups is 1. The van der Waals surface area contributed by atoms with Gasteiger partial charge in [0.2, 0.25) is 11.8 Å². The van der Waals surface area contributed by atoms with Crippen molar-refractivity contribution >= 4 is 23.5 Å². The first kappa shape index (κ1) is 24.9. The van der Waals surface area contributed by atoms with E-state index in [4.69, 9.17) is 4.84 Å². The first-order chi connectivity index (χ1) is 14.5. The number of allylic oxidation sites excluding steroid dienone is 5. The summed E-state index contributed by atoms with van der Waals surface area (Å²) in [7, 11) is 0. The van der Waals surface area contributed by atoms with Crippen LogP contribution >= 0.6 is 0 Å². The number of hydrogen-bond donors (Lipinski definition) is 0. The molecule has 0 aromatic rings.